The summed E-state index contributed by atoms with van der Waals surface area (Å²) in [5.41, 5.74) is 0.498. The van der Waals surface area contributed by atoms with Crippen molar-refractivity contribution in [2.24, 2.45) is 0 Å². The van der Waals surface area contributed by atoms with Crippen LogP contribution in [0.25, 0.3) is 0 Å². The Kier molecular flexibility index (Phi) is 9.67. The summed E-state index contributed by atoms with van der Waals surface area (Å²) in [4.78, 5) is 49.1. The molecule has 10 nitrogen and oxygen atoms in total. The monoisotopic (exact) mass is 477 g/mol. The van der Waals surface area contributed by atoms with Crippen LogP contribution in [0.4, 0.5) is 4.79 Å². The maximum atomic E-state index is 12.5. The summed E-state index contributed by atoms with van der Waals surface area (Å²) in [6.07, 6.45) is 2.08. The fourth-order valence-electron chi connectivity index (χ4n) is 3.17. The predicted octanol–water partition coefficient (Wildman–Crippen LogP) is 1.58. The summed E-state index contributed by atoms with van der Waals surface area (Å²) >= 11 is 0. The van der Waals surface area contributed by atoms with Crippen LogP contribution < -0.4 is 20.1 Å². The van der Waals surface area contributed by atoms with Gasteiger partial charge >= 0.3 is 41.6 Å². The number of carbonyl (C=O) groups excluding carboxylic acids is 3. The van der Waals surface area contributed by atoms with E-state index in [0.717, 1.165) is 0 Å². The van der Waals surface area contributed by atoms with Gasteiger partial charge in [0.15, 0.2) is 23.3 Å². The van der Waals surface area contributed by atoms with Gasteiger partial charge in [0.25, 0.3) is 5.91 Å². The molecule has 2 atom stereocenters. The Morgan fingerprint density at radius 3 is 2.35 bits per heavy atom. The fraction of sp³-hybridized carbons (Fsp3) is 0.217. The van der Waals surface area contributed by atoms with E-state index < -0.39 is 42.2 Å². The average molecular weight is 477 g/mol. The average Bonchev–Trinajstić information content (AvgIpc) is 2.79. The molecule has 34 heavy (non-hydrogen) atoms. The molecule has 0 saturated carbocycles. The van der Waals surface area contributed by atoms with Crippen LogP contribution in [0.5, 0.6) is 17.2 Å². The zero-order valence-electron chi connectivity index (χ0n) is 18.0. The van der Waals surface area contributed by atoms with Crippen molar-refractivity contribution in [1.82, 2.24) is 15.5 Å². The van der Waals surface area contributed by atoms with Crippen molar-refractivity contribution in [2.75, 3.05) is 14.2 Å². The first kappa shape index (κ1) is 26.9. The topological polar surface area (TPSA) is 134 Å². The molecule has 0 radical (unpaired) electrons. The number of likely N-dealkylation sites (N-methyl/N-ethyl adjacent to an activating group) is 1. The molecule has 3 N–H and O–H groups in total. The predicted molar refractivity (Wildman–Crippen MR) is 124 cm³/mol. The van der Waals surface area contributed by atoms with E-state index in [1.54, 1.807) is 42.5 Å². The van der Waals surface area contributed by atoms with E-state index in [0.29, 0.717) is 22.8 Å². The van der Waals surface area contributed by atoms with Crippen molar-refractivity contribution < 1.29 is 33.8 Å². The molecule has 0 aliphatic carbocycles. The molecule has 2 aromatic rings. The summed E-state index contributed by atoms with van der Waals surface area (Å²) in [6.45, 7) is 0. The second-order valence-corrected chi connectivity index (χ2v) is 7.19. The molecule has 1 aliphatic heterocycles. The summed E-state index contributed by atoms with van der Waals surface area (Å²) in [6, 6.07) is 10.5. The van der Waals surface area contributed by atoms with Crippen LogP contribution in [0.3, 0.4) is 0 Å². The van der Waals surface area contributed by atoms with Gasteiger partial charge < -0.3 is 30.1 Å². The van der Waals surface area contributed by atoms with Gasteiger partial charge in [-0.1, -0.05) is 24.3 Å². The van der Waals surface area contributed by atoms with Crippen molar-refractivity contribution in [3.63, 3.8) is 0 Å². The number of methoxy groups -OCH3 is 1. The Morgan fingerprint density at radius 1 is 1.09 bits per heavy atom. The number of benzene rings is 2. The Morgan fingerprint density at radius 2 is 1.74 bits per heavy atom. The third kappa shape index (κ3) is 6.83. The number of ketones is 1. The molecule has 0 aromatic heterocycles. The number of carboxylic acids is 1. The Balaban J connectivity index is 0.00000408. The van der Waals surface area contributed by atoms with Gasteiger partial charge in [-0.25, -0.2) is 4.79 Å². The molecular formula is C23H24N3NaO7. The minimum absolute atomic E-state index is 0. The van der Waals surface area contributed by atoms with Gasteiger partial charge in [-0.2, -0.15) is 0 Å². The van der Waals surface area contributed by atoms with Crippen molar-refractivity contribution in [1.29, 1.82) is 0 Å². The molecule has 11 heteroatoms. The van der Waals surface area contributed by atoms with E-state index in [1.807, 2.05) is 6.07 Å². The summed E-state index contributed by atoms with van der Waals surface area (Å²) in [7, 11) is 2.99. The van der Waals surface area contributed by atoms with Gasteiger partial charge in [0.1, 0.15) is 5.75 Å². The molecule has 0 fully saturated rings. The number of nitrogens with zero attached hydrogens (tertiary/aromatic N) is 1. The normalized spacial score (nSPS) is 15.7. The maximum absolute atomic E-state index is 12.5. The molecule has 2 aromatic carbocycles. The molecule has 0 bridgehead atoms. The number of carboxylic acid groups (broad SMARTS) is 1. The van der Waals surface area contributed by atoms with Crippen LogP contribution in [0.2, 0.25) is 0 Å². The van der Waals surface area contributed by atoms with Crippen molar-refractivity contribution in [3.8, 4) is 17.2 Å². The van der Waals surface area contributed by atoms with Crippen LogP contribution in [-0.4, -0.2) is 83.5 Å². The molecule has 3 rings (SSSR count). The van der Waals surface area contributed by atoms with E-state index in [-0.39, 0.29) is 29.6 Å². The molecule has 1 unspecified atom stereocenters. The summed E-state index contributed by atoms with van der Waals surface area (Å²) in [5, 5.41) is 14.1. The molecular weight excluding hydrogens is 453 g/mol. The first-order valence-corrected chi connectivity index (χ1v) is 9.97. The quantitative estimate of drug-likeness (QED) is 0.388. The van der Waals surface area contributed by atoms with Crippen LogP contribution in [-0.2, 0) is 14.4 Å². The van der Waals surface area contributed by atoms with Crippen molar-refractivity contribution in [3.05, 3.63) is 66.4 Å². The second-order valence-electron chi connectivity index (χ2n) is 7.19. The number of hydrogen-bond acceptors (Lipinski definition) is 6. The van der Waals surface area contributed by atoms with Gasteiger partial charge in [-0.15, -0.1) is 0 Å². The molecule has 0 saturated heterocycles. The number of urea groups is 1. The summed E-state index contributed by atoms with van der Waals surface area (Å²) < 4.78 is 11.1. The number of ether oxygens (including phenoxy) is 2. The third-order valence-corrected chi connectivity index (χ3v) is 4.88. The van der Waals surface area contributed by atoms with Crippen LogP contribution in [0.15, 0.2) is 60.8 Å². The first-order chi connectivity index (χ1) is 15.8. The van der Waals surface area contributed by atoms with Gasteiger partial charge in [-0.05, 0) is 29.8 Å². The van der Waals surface area contributed by atoms with Crippen molar-refractivity contribution in [2.45, 2.75) is 18.5 Å². The first-order valence-electron chi connectivity index (χ1n) is 9.97. The van der Waals surface area contributed by atoms with E-state index in [1.165, 1.54) is 31.3 Å². The Bertz CT molecular complexity index is 1090. The number of rotatable bonds is 8. The number of para-hydroxylation sites is 2. The van der Waals surface area contributed by atoms with E-state index in [9.17, 15) is 24.3 Å². The zero-order chi connectivity index (χ0) is 24.0. The molecule has 174 valence electrons. The minimum atomic E-state index is -1.37. The van der Waals surface area contributed by atoms with E-state index in [4.69, 9.17) is 9.47 Å². The molecule has 1 heterocycles. The third-order valence-electron chi connectivity index (χ3n) is 4.88. The van der Waals surface area contributed by atoms with Crippen LogP contribution in [0, 0.1) is 0 Å². The number of amides is 3. The SMILES string of the molecule is COc1ccccc1Oc1ccc([C@H](CC(=O)O)NC(=O)NC2C(=O)C=CN(C)C2=O)cc1.[NaH]. The van der Waals surface area contributed by atoms with Gasteiger partial charge in [0.05, 0.1) is 19.6 Å². The number of hydrogen-bond donors (Lipinski definition) is 3. The molecule has 0 spiro atoms. The summed E-state index contributed by atoms with van der Waals surface area (Å²) in [5.74, 6) is -0.757. The Labute approximate surface area is 218 Å². The fourth-order valence-corrected chi connectivity index (χ4v) is 3.17. The van der Waals surface area contributed by atoms with Gasteiger partial charge in [0, 0.05) is 19.3 Å². The van der Waals surface area contributed by atoms with Crippen molar-refractivity contribution >= 4 is 53.2 Å². The number of aliphatic carboxylic acids is 1. The molecule has 3 amide bonds. The second kappa shape index (κ2) is 12.2. The van der Waals surface area contributed by atoms with E-state index in [2.05, 4.69) is 10.6 Å². The van der Waals surface area contributed by atoms with Crippen LogP contribution >= 0.6 is 0 Å². The van der Waals surface area contributed by atoms with E-state index >= 15 is 0 Å². The number of carbonyl (C=O) groups is 4. The van der Waals surface area contributed by atoms with Gasteiger partial charge in [0.2, 0.25) is 0 Å². The zero-order valence-corrected chi connectivity index (χ0v) is 18.0. The molecule has 1 aliphatic rings. The van der Waals surface area contributed by atoms with Crippen LogP contribution in [0.1, 0.15) is 18.0 Å². The number of nitrogens with one attached hydrogen (secondary N) is 2. The standard InChI is InChI=1S/C23H23N3O7.Na.H/c1-26-12-11-17(27)21(22(26)30)25-23(31)24-16(13-20(28)29)14-7-9-15(10-8-14)33-19-6-4-3-5-18(19)32-2;;/h3-12,16,21H,13H2,1-2H3,(H,28,29)(H2,24,25,31);;/t16-,21?;;/m0../s1. The Hall–Kier alpha value is -3.34. The van der Waals surface area contributed by atoms with Gasteiger partial charge in [-0.3, -0.25) is 14.4 Å².